The second-order valence-corrected chi connectivity index (χ2v) is 6.12. The molecule has 0 aromatic rings. The van der Waals surface area contributed by atoms with Gasteiger partial charge in [0.25, 0.3) is 0 Å². The van der Waals surface area contributed by atoms with Gasteiger partial charge in [0.1, 0.15) is 0 Å². The molecule has 1 fully saturated rings. The first-order chi connectivity index (χ1) is 10.8. The number of methoxy groups -OCH3 is 1. The van der Waals surface area contributed by atoms with Crippen molar-refractivity contribution in [2.75, 3.05) is 46.4 Å². The maximum absolute atomic E-state index is 5.05. The Kier molecular flexibility index (Phi) is 11.1. The van der Waals surface area contributed by atoms with E-state index in [0.717, 1.165) is 44.7 Å². The number of unbranched alkanes of at least 4 members (excludes halogenated alkanes) is 1. The molecule has 1 saturated heterocycles. The molecule has 0 bridgehead atoms. The molecule has 1 atom stereocenters. The number of likely N-dealkylation sites (tertiary alicyclic amines) is 1. The Morgan fingerprint density at radius 2 is 2.09 bits per heavy atom. The van der Waals surface area contributed by atoms with Gasteiger partial charge in [-0.25, -0.2) is 0 Å². The van der Waals surface area contributed by atoms with Crippen molar-refractivity contribution in [3.63, 3.8) is 0 Å². The van der Waals surface area contributed by atoms with Gasteiger partial charge in [-0.05, 0) is 59.0 Å². The van der Waals surface area contributed by atoms with E-state index in [0.29, 0.717) is 0 Å². The number of hydrogen-bond donors (Lipinski definition) is 2. The minimum atomic E-state index is 0.775. The molecule has 0 aromatic heterocycles. The van der Waals surface area contributed by atoms with Crippen LogP contribution in [0.1, 0.15) is 52.4 Å². The number of nitrogens with zero attached hydrogens (tertiary/aromatic N) is 2. The topological polar surface area (TPSA) is 48.9 Å². The Hall–Kier alpha value is -0.810. The van der Waals surface area contributed by atoms with Crippen LogP contribution in [0.4, 0.5) is 0 Å². The Morgan fingerprint density at radius 3 is 2.82 bits per heavy atom. The Balaban J connectivity index is 2.11. The summed E-state index contributed by atoms with van der Waals surface area (Å²) < 4.78 is 5.05. The molecule has 130 valence electrons. The van der Waals surface area contributed by atoms with Gasteiger partial charge in [-0.3, -0.25) is 4.99 Å². The monoisotopic (exact) mass is 312 g/mol. The summed E-state index contributed by atoms with van der Waals surface area (Å²) >= 11 is 0. The molecule has 22 heavy (non-hydrogen) atoms. The predicted octanol–water partition coefficient (Wildman–Crippen LogP) is 2.23. The summed E-state index contributed by atoms with van der Waals surface area (Å²) in [7, 11) is 1.73. The molecule has 0 aliphatic carbocycles. The zero-order valence-corrected chi connectivity index (χ0v) is 14.9. The lowest BCUT2D eigenvalue weighted by Crippen LogP contribution is -2.39. The molecule has 0 amide bonds. The third-order valence-corrected chi connectivity index (χ3v) is 4.23. The highest BCUT2D eigenvalue weighted by molar-refractivity contribution is 5.79. The van der Waals surface area contributed by atoms with Crippen molar-refractivity contribution in [2.45, 2.75) is 58.4 Å². The van der Waals surface area contributed by atoms with Gasteiger partial charge in [0.05, 0.1) is 0 Å². The standard InChI is InChI=1S/C17H36N4O/c1-4-18-17(20-12-9-15-22-3)19-11-6-8-14-21-13-7-5-10-16(21)2/h16H,4-15H2,1-3H3,(H2,18,19,20). The third kappa shape index (κ3) is 8.59. The first kappa shape index (κ1) is 19.2. The Bertz CT molecular complexity index is 296. The minimum Gasteiger partial charge on any atom is -0.385 e. The Morgan fingerprint density at radius 1 is 1.23 bits per heavy atom. The maximum atomic E-state index is 5.05. The number of guanidine groups is 1. The van der Waals surface area contributed by atoms with E-state index in [-0.39, 0.29) is 0 Å². The molecular formula is C17H36N4O. The highest BCUT2D eigenvalue weighted by atomic mass is 16.5. The SMILES string of the molecule is CCNC(=NCCCOC)NCCCCN1CCCCC1C. The average Bonchev–Trinajstić information content (AvgIpc) is 2.52. The lowest BCUT2D eigenvalue weighted by Gasteiger charge is -2.33. The van der Waals surface area contributed by atoms with Crippen LogP contribution in [0, 0.1) is 0 Å². The predicted molar refractivity (Wildman–Crippen MR) is 94.6 cm³/mol. The van der Waals surface area contributed by atoms with Crippen molar-refractivity contribution in [1.29, 1.82) is 0 Å². The number of piperidine rings is 1. The highest BCUT2D eigenvalue weighted by Gasteiger charge is 2.16. The second kappa shape index (κ2) is 12.7. The summed E-state index contributed by atoms with van der Waals surface area (Å²) in [5, 5.41) is 6.72. The van der Waals surface area contributed by atoms with Crippen LogP contribution in [0.25, 0.3) is 0 Å². The molecule has 1 rings (SSSR count). The smallest absolute Gasteiger partial charge is 0.191 e. The second-order valence-electron chi connectivity index (χ2n) is 6.12. The van der Waals surface area contributed by atoms with Crippen molar-refractivity contribution >= 4 is 5.96 Å². The summed E-state index contributed by atoms with van der Waals surface area (Å²) in [6.45, 7) is 10.5. The number of hydrogen-bond acceptors (Lipinski definition) is 3. The summed E-state index contributed by atoms with van der Waals surface area (Å²) in [5.41, 5.74) is 0. The van der Waals surface area contributed by atoms with Crippen LogP contribution in [0.2, 0.25) is 0 Å². The van der Waals surface area contributed by atoms with Crippen LogP contribution in [-0.4, -0.2) is 63.3 Å². The van der Waals surface area contributed by atoms with E-state index >= 15 is 0 Å². The van der Waals surface area contributed by atoms with Gasteiger partial charge in [-0.15, -0.1) is 0 Å². The molecule has 5 nitrogen and oxygen atoms in total. The quantitative estimate of drug-likeness (QED) is 0.369. The molecule has 0 aromatic carbocycles. The molecule has 0 radical (unpaired) electrons. The van der Waals surface area contributed by atoms with E-state index in [9.17, 15) is 0 Å². The van der Waals surface area contributed by atoms with Crippen molar-refractivity contribution in [1.82, 2.24) is 15.5 Å². The van der Waals surface area contributed by atoms with Gasteiger partial charge in [0.2, 0.25) is 0 Å². The van der Waals surface area contributed by atoms with Crippen LogP contribution in [0.5, 0.6) is 0 Å². The van der Waals surface area contributed by atoms with E-state index in [2.05, 4.69) is 34.4 Å². The van der Waals surface area contributed by atoms with Crippen molar-refractivity contribution in [3.8, 4) is 0 Å². The van der Waals surface area contributed by atoms with E-state index < -0.39 is 0 Å². The molecule has 1 aliphatic rings. The fraction of sp³-hybridized carbons (Fsp3) is 0.941. The van der Waals surface area contributed by atoms with Crippen molar-refractivity contribution in [2.24, 2.45) is 4.99 Å². The van der Waals surface area contributed by atoms with Crippen LogP contribution in [0.15, 0.2) is 4.99 Å². The minimum absolute atomic E-state index is 0.775. The van der Waals surface area contributed by atoms with Gasteiger partial charge in [-0.2, -0.15) is 0 Å². The highest BCUT2D eigenvalue weighted by Crippen LogP contribution is 2.16. The van der Waals surface area contributed by atoms with Gasteiger partial charge in [-0.1, -0.05) is 6.42 Å². The fourth-order valence-electron chi connectivity index (χ4n) is 2.88. The zero-order chi connectivity index (χ0) is 16.0. The molecule has 0 spiro atoms. The summed E-state index contributed by atoms with van der Waals surface area (Å²) in [6.07, 6.45) is 7.59. The number of aliphatic imine (C=N–C) groups is 1. The molecule has 1 aliphatic heterocycles. The fourth-order valence-corrected chi connectivity index (χ4v) is 2.88. The van der Waals surface area contributed by atoms with Crippen molar-refractivity contribution in [3.05, 3.63) is 0 Å². The van der Waals surface area contributed by atoms with Gasteiger partial charge in [0, 0.05) is 39.4 Å². The molecular weight excluding hydrogens is 276 g/mol. The van der Waals surface area contributed by atoms with Crippen LogP contribution >= 0.6 is 0 Å². The van der Waals surface area contributed by atoms with Crippen LogP contribution in [-0.2, 0) is 4.74 Å². The van der Waals surface area contributed by atoms with Crippen LogP contribution in [0.3, 0.4) is 0 Å². The van der Waals surface area contributed by atoms with Gasteiger partial charge < -0.3 is 20.3 Å². The summed E-state index contributed by atoms with van der Waals surface area (Å²) in [4.78, 5) is 7.20. The summed E-state index contributed by atoms with van der Waals surface area (Å²) in [5.74, 6) is 0.935. The largest absolute Gasteiger partial charge is 0.385 e. The van der Waals surface area contributed by atoms with E-state index in [4.69, 9.17) is 4.74 Å². The Labute approximate surface area is 136 Å². The van der Waals surface area contributed by atoms with E-state index in [1.165, 1.54) is 45.2 Å². The van der Waals surface area contributed by atoms with Crippen LogP contribution < -0.4 is 10.6 Å². The average molecular weight is 313 g/mol. The van der Waals surface area contributed by atoms with E-state index in [1.807, 2.05) is 0 Å². The van der Waals surface area contributed by atoms with Gasteiger partial charge in [0.15, 0.2) is 5.96 Å². The molecule has 5 heteroatoms. The number of ether oxygens (including phenoxy) is 1. The lowest BCUT2D eigenvalue weighted by molar-refractivity contribution is 0.158. The first-order valence-electron chi connectivity index (χ1n) is 9.03. The first-order valence-corrected chi connectivity index (χ1v) is 9.03. The van der Waals surface area contributed by atoms with Crippen molar-refractivity contribution < 1.29 is 4.74 Å². The van der Waals surface area contributed by atoms with E-state index in [1.54, 1.807) is 7.11 Å². The van der Waals surface area contributed by atoms with Gasteiger partial charge >= 0.3 is 0 Å². The molecule has 1 heterocycles. The maximum Gasteiger partial charge on any atom is 0.191 e. The zero-order valence-electron chi connectivity index (χ0n) is 14.9. The third-order valence-electron chi connectivity index (χ3n) is 4.23. The molecule has 1 unspecified atom stereocenters. The number of rotatable bonds is 10. The molecule has 0 saturated carbocycles. The summed E-state index contributed by atoms with van der Waals surface area (Å²) in [6, 6.07) is 0.779. The molecule has 2 N–H and O–H groups in total. The number of nitrogens with one attached hydrogen (secondary N) is 2. The normalized spacial score (nSPS) is 20.1. The lowest BCUT2D eigenvalue weighted by atomic mass is 10.0.